The smallest absolute Gasteiger partial charge is 0.414 e. The van der Waals surface area contributed by atoms with Crippen molar-refractivity contribution in [1.82, 2.24) is 4.72 Å². The van der Waals surface area contributed by atoms with E-state index in [0.29, 0.717) is 15.7 Å². The van der Waals surface area contributed by atoms with Crippen LogP contribution in [0.3, 0.4) is 0 Å². The zero-order chi connectivity index (χ0) is 18.9. The standard InChI is InChI=1S/C16H16Cl2N2O4S2/c1-2-12-4-6-15(25-12)26(22,23)19-8-11-9-20(16(21)24-11)10-3-5-13(17)14(18)7-10/h3-7,11,19H,2,8-9H2,1H3/t11-/m1/s1. The number of benzene rings is 1. The minimum Gasteiger partial charge on any atom is -0.443 e. The first-order chi connectivity index (χ1) is 12.3. The Morgan fingerprint density at radius 2 is 2.04 bits per heavy atom. The second-order valence-corrected chi connectivity index (χ2v) is 9.62. The predicted molar refractivity (Wildman–Crippen MR) is 103 cm³/mol. The van der Waals surface area contributed by atoms with E-state index in [-0.39, 0.29) is 17.3 Å². The van der Waals surface area contributed by atoms with Crippen molar-refractivity contribution < 1.29 is 17.9 Å². The number of ether oxygens (including phenoxy) is 1. The van der Waals surface area contributed by atoms with E-state index in [9.17, 15) is 13.2 Å². The lowest BCUT2D eigenvalue weighted by Crippen LogP contribution is -2.34. The number of nitrogens with one attached hydrogen (secondary N) is 1. The van der Waals surface area contributed by atoms with Crippen molar-refractivity contribution in [2.24, 2.45) is 0 Å². The van der Waals surface area contributed by atoms with E-state index < -0.39 is 22.2 Å². The van der Waals surface area contributed by atoms with Crippen molar-refractivity contribution in [2.45, 2.75) is 23.7 Å². The number of carbonyl (C=O) groups is 1. The van der Waals surface area contributed by atoms with Crippen LogP contribution in [0, 0.1) is 0 Å². The maximum Gasteiger partial charge on any atom is 0.414 e. The van der Waals surface area contributed by atoms with Crippen LogP contribution in [0.4, 0.5) is 10.5 Å². The quantitative estimate of drug-likeness (QED) is 0.747. The number of thiophene rings is 1. The Hall–Kier alpha value is -1.32. The topological polar surface area (TPSA) is 75.7 Å². The average Bonchev–Trinajstić information content (AvgIpc) is 3.23. The van der Waals surface area contributed by atoms with Gasteiger partial charge in [0.25, 0.3) is 0 Å². The molecule has 0 bridgehead atoms. The summed E-state index contributed by atoms with van der Waals surface area (Å²) in [6.45, 7) is 2.17. The minimum absolute atomic E-state index is 0.00868. The molecule has 0 saturated carbocycles. The van der Waals surface area contributed by atoms with Gasteiger partial charge in [-0.05, 0) is 36.8 Å². The van der Waals surface area contributed by atoms with E-state index in [2.05, 4.69) is 4.72 Å². The fourth-order valence-electron chi connectivity index (χ4n) is 2.46. The Labute approximate surface area is 165 Å². The Morgan fingerprint density at radius 3 is 2.69 bits per heavy atom. The molecule has 140 valence electrons. The van der Waals surface area contributed by atoms with E-state index in [0.717, 1.165) is 11.3 Å². The van der Waals surface area contributed by atoms with Crippen LogP contribution in [-0.4, -0.2) is 33.7 Å². The SMILES string of the molecule is CCc1ccc(S(=O)(=O)NC[C@@H]2CN(c3ccc(Cl)c(Cl)c3)C(=O)O2)s1. The Balaban J connectivity index is 1.64. The fraction of sp³-hybridized carbons (Fsp3) is 0.312. The summed E-state index contributed by atoms with van der Waals surface area (Å²) in [6, 6.07) is 8.18. The van der Waals surface area contributed by atoms with Gasteiger partial charge in [0.1, 0.15) is 10.3 Å². The highest BCUT2D eigenvalue weighted by Gasteiger charge is 2.33. The number of nitrogens with zero attached hydrogens (tertiary/aromatic N) is 1. The first-order valence-corrected chi connectivity index (χ1v) is 10.9. The van der Waals surface area contributed by atoms with E-state index in [4.69, 9.17) is 27.9 Å². The molecule has 1 aliphatic heterocycles. The van der Waals surface area contributed by atoms with Gasteiger partial charge in [0.05, 0.1) is 16.6 Å². The highest BCUT2D eigenvalue weighted by Crippen LogP contribution is 2.29. The Morgan fingerprint density at radius 1 is 1.27 bits per heavy atom. The van der Waals surface area contributed by atoms with Crippen LogP contribution in [-0.2, 0) is 21.2 Å². The van der Waals surface area contributed by atoms with E-state index >= 15 is 0 Å². The first kappa shape index (κ1) is 19.4. The largest absolute Gasteiger partial charge is 0.443 e. The normalized spacial score (nSPS) is 17.6. The lowest BCUT2D eigenvalue weighted by atomic mass is 10.2. The molecule has 2 heterocycles. The summed E-state index contributed by atoms with van der Waals surface area (Å²) < 4.78 is 32.7. The minimum atomic E-state index is -3.63. The van der Waals surface area contributed by atoms with Gasteiger partial charge in [0, 0.05) is 17.1 Å². The maximum absolute atomic E-state index is 12.3. The third kappa shape index (κ3) is 4.15. The molecule has 26 heavy (non-hydrogen) atoms. The number of amides is 1. The molecule has 1 fully saturated rings. The van der Waals surface area contributed by atoms with Crippen LogP contribution in [0.15, 0.2) is 34.5 Å². The molecule has 0 radical (unpaired) electrons. The van der Waals surface area contributed by atoms with Gasteiger partial charge in [-0.3, -0.25) is 4.90 Å². The van der Waals surface area contributed by atoms with Crippen molar-refractivity contribution in [3.05, 3.63) is 45.3 Å². The van der Waals surface area contributed by atoms with Gasteiger partial charge in [-0.2, -0.15) is 0 Å². The van der Waals surface area contributed by atoms with Crippen LogP contribution in [0.25, 0.3) is 0 Å². The van der Waals surface area contributed by atoms with Gasteiger partial charge in [0.2, 0.25) is 10.0 Å². The van der Waals surface area contributed by atoms with Crippen molar-refractivity contribution in [3.63, 3.8) is 0 Å². The van der Waals surface area contributed by atoms with Crippen molar-refractivity contribution >= 4 is 56.3 Å². The summed E-state index contributed by atoms with van der Waals surface area (Å²) in [4.78, 5) is 14.5. The van der Waals surface area contributed by atoms with Gasteiger partial charge in [0.15, 0.2) is 0 Å². The molecule has 0 aliphatic carbocycles. The zero-order valence-corrected chi connectivity index (χ0v) is 16.9. The summed E-state index contributed by atoms with van der Waals surface area (Å²) >= 11 is 13.1. The fourth-order valence-corrected chi connectivity index (χ4v) is 5.16. The number of aryl methyl sites for hydroxylation is 1. The van der Waals surface area contributed by atoms with Gasteiger partial charge in [-0.1, -0.05) is 30.1 Å². The molecular formula is C16H16Cl2N2O4S2. The maximum atomic E-state index is 12.3. The molecule has 0 unspecified atom stereocenters. The van der Waals surface area contributed by atoms with E-state index in [1.54, 1.807) is 30.3 Å². The molecule has 1 aromatic heterocycles. The molecule has 1 aromatic carbocycles. The molecule has 10 heteroatoms. The van der Waals surface area contributed by atoms with Crippen molar-refractivity contribution in [1.29, 1.82) is 0 Å². The molecule has 3 rings (SSSR count). The highest BCUT2D eigenvalue weighted by atomic mass is 35.5. The van der Waals surface area contributed by atoms with Gasteiger partial charge in [-0.25, -0.2) is 17.9 Å². The van der Waals surface area contributed by atoms with E-state index in [1.807, 2.05) is 6.92 Å². The molecule has 1 aliphatic rings. The summed E-state index contributed by atoms with van der Waals surface area (Å²) in [5.74, 6) is 0. The van der Waals surface area contributed by atoms with Crippen molar-refractivity contribution in [3.8, 4) is 0 Å². The number of cyclic esters (lactones) is 1. The molecule has 1 amide bonds. The third-order valence-electron chi connectivity index (χ3n) is 3.84. The number of halogens is 2. The van der Waals surface area contributed by atoms with Crippen LogP contribution in [0.2, 0.25) is 10.0 Å². The second-order valence-electron chi connectivity index (χ2n) is 5.64. The molecule has 1 atom stereocenters. The first-order valence-electron chi connectivity index (χ1n) is 7.81. The lowest BCUT2D eigenvalue weighted by Gasteiger charge is -2.13. The number of hydrogen-bond donors (Lipinski definition) is 1. The zero-order valence-electron chi connectivity index (χ0n) is 13.7. The predicted octanol–water partition coefficient (Wildman–Crippen LogP) is 3.92. The molecule has 6 nitrogen and oxygen atoms in total. The Bertz CT molecular complexity index is 930. The molecule has 1 N–H and O–H groups in total. The van der Waals surface area contributed by atoms with E-state index in [1.165, 1.54) is 16.2 Å². The number of carbonyl (C=O) groups excluding carboxylic acids is 1. The molecule has 0 spiro atoms. The molecular weight excluding hydrogens is 419 g/mol. The summed E-state index contributed by atoms with van der Waals surface area (Å²) in [5.41, 5.74) is 0.542. The number of anilines is 1. The van der Waals surface area contributed by atoms with Crippen LogP contribution in [0.1, 0.15) is 11.8 Å². The number of sulfonamides is 1. The lowest BCUT2D eigenvalue weighted by molar-refractivity contribution is 0.143. The summed E-state index contributed by atoms with van der Waals surface area (Å²) in [6.07, 6.45) is -0.381. The monoisotopic (exact) mass is 434 g/mol. The van der Waals surface area contributed by atoms with Gasteiger partial charge in [-0.15, -0.1) is 11.3 Å². The highest BCUT2D eigenvalue weighted by molar-refractivity contribution is 7.91. The van der Waals surface area contributed by atoms with Gasteiger partial charge < -0.3 is 4.74 Å². The van der Waals surface area contributed by atoms with Crippen molar-refractivity contribution in [2.75, 3.05) is 18.0 Å². The third-order valence-corrected chi connectivity index (χ3v) is 7.72. The average molecular weight is 435 g/mol. The van der Waals surface area contributed by atoms with Crippen LogP contribution in [0.5, 0.6) is 0 Å². The molecule has 1 saturated heterocycles. The van der Waals surface area contributed by atoms with Crippen LogP contribution < -0.4 is 9.62 Å². The van der Waals surface area contributed by atoms with Gasteiger partial charge >= 0.3 is 6.09 Å². The number of rotatable bonds is 6. The number of hydrogen-bond acceptors (Lipinski definition) is 5. The molecule has 2 aromatic rings. The Kier molecular flexibility index (Phi) is 5.78. The summed E-state index contributed by atoms with van der Waals surface area (Å²) in [7, 11) is -3.63. The summed E-state index contributed by atoms with van der Waals surface area (Å²) in [5, 5.41) is 0.709. The van der Waals surface area contributed by atoms with Crippen LogP contribution >= 0.6 is 34.5 Å². The second kappa shape index (κ2) is 7.74.